The minimum Gasteiger partial charge on any atom is -0.326 e. The van der Waals surface area contributed by atoms with Gasteiger partial charge in [-0.3, -0.25) is 23.7 Å². The van der Waals surface area contributed by atoms with Gasteiger partial charge < -0.3 is 10.2 Å². The summed E-state index contributed by atoms with van der Waals surface area (Å²) in [6.07, 6.45) is -1.99. The lowest BCUT2D eigenvalue weighted by Crippen LogP contribution is -2.44. The highest BCUT2D eigenvalue weighted by molar-refractivity contribution is 9.10. The van der Waals surface area contributed by atoms with E-state index in [4.69, 9.17) is 0 Å². The van der Waals surface area contributed by atoms with Crippen molar-refractivity contribution in [3.8, 4) is 11.1 Å². The minimum atomic E-state index is -4.53. The Morgan fingerprint density at radius 3 is 2.50 bits per heavy atom. The van der Waals surface area contributed by atoms with Gasteiger partial charge in [-0.05, 0) is 40.5 Å². The van der Waals surface area contributed by atoms with E-state index in [1.54, 1.807) is 37.5 Å². The Morgan fingerprint density at radius 2 is 1.83 bits per heavy atom. The molecule has 1 aliphatic heterocycles. The quantitative estimate of drug-likeness (QED) is 0.236. The van der Waals surface area contributed by atoms with Gasteiger partial charge >= 0.3 is 6.18 Å². The highest BCUT2D eigenvalue weighted by Gasteiger charge is 2.40. The number of carbonyl (C=O) groups is 3. The zero-order valence-corrected chi connectivity index (χ0v) is 23.8. The summed E-state index contributed by atoms with van der Waals surface area (Å²) in [6, 6.07) is 3.96. The lowest BCUT2D eigenvalue weighted by Gasteiger charge is -2.23. The van der Waals surface area contributed by atoms with Gasteiger partial charge in [0.05, 0.1) is 16.5 Å². The molecule has 1 aromatic carbocycles. The SMILES string of the molecule is CC(=O)c1nn(CC(=O)N2C[C@H](F)C[C@H]2C(=O)Nc2nn(CC(F)(F)F)cc2Br)c2ccc(-c3cnc(C)nc3)cc12. The molecule has 5 rings (SSSR count). The number of aromatic nitrogens is 6. The molecule has 1 N–H and O–H groups in total. The van der Waals surface area contributed by atoms with Crippen molar-refractivity contribution in [2.45, 2.75) is 51.7 Å². The number of alkyl halides is 4. The number of halogens is 5. The molecule has 0 bridgehead atoms. The van der Waals surface area contributed by atoms with E-state index in [1.807, 2.05) is 0 Å². The Morgan fingerprint density at radius 1 is 1.12 bits per heavy atom. The van der Waals surface area contributed by atoms with E-state index in [0.717, 1.165) is 22.2 Å². The molecule has 4 heterocycles. The number of fused-ring (bicyclic) bond motifs is 1. The average Bonchev–Trinajstić information content (AvgIpc) is 3.58. The highest BCUT2D eigenvalue weighted by atomic mass is 79.9. The summed E-state index contributed by atoms with van der Waals surface area (Å²) in [5.74, 6) is -1.36. The van der Waals surface area contributed by atoms with Gasteiger partial charge in [0.1, 0.15) is 36.8 Å². The van der Waals surface area contributed by atoms with E-state index in [-0.39, 0.29) is 34.7 Å². The normalized spacial score (nSPS) is 17.2. The third kappa shape index (κ3) is 6.17. The Labute approximate surface area is 244 Å². The number of nitrogens with zero attached hydrogens (tertiary/aromatic N) is 7. The second-order valence-electron chi connectivity index (χ2n) is 9.84. The maximum absolute atomic E-state index is 14.5. The second kappa shape index (κ2) is 11.2. The monoisotopic (exact) mass is 650 g/mol. The predicted molar refractivity (Wildman–Crippen MR) is 145 cm³/mol. The first-order valence-corrected chi connectivity index (χ1v) is 13.4. The standard InChI is InChI=1S/C26H23BrF4N8O3/c1-13(40)23-18-5-15(16-7-32-14(2)33-8-16)3-4-20(18)39(35-23)11-22(41)38-9-17(28)6-21(38)25(42)34-24-19(27)10-37(36-24)12-26(29,30)31/h3-5,7-8,10,17,21H,6,9,11-12H2,1-2H3,(H,34,36,42)/t17-,21+/m1/s1. The van der Waals surface area contributed by atoms with E-state index in [0.29, 0.717) is 21.4 Å². The molecule has 42 heavy (non-hydrogen) atoms. The van der Waals surface area contributed by atoms with Gasteiger partial charge in [0, 0.05) is 42.9 Å². The Hall–Kier alpha value is -4.21. The number of amides is 2. The van der Waals surface area contributed by atoms with Crippen LogP contribution < -0.4 is 5.32 Å². The Balaban J connectivity index is 1.37. The lowest BCUT2D eigenvalue weighted by atomic mass is 10.0. The van der Waals surface area contributed by atoms with Crippen molar-refractivity contribution in [1.82, 2.24) is 34.4 Å². The van der Waals surface area contributed by atoms with Gasteiger partial charge in [0.25, 0.3) is 0 Å². The molecule has 0 radical (unpaired) electrons. The van der Waals surface area contributed by atoms with E-state index < -0.39 is 43.3 Å². The van der Waals surface area contributed by atoms with E-state index >= 15 is 0 Å². The molecule has 1 aliphatic rings. The first-order chi connectivity index (χ1) is 19.8. The number of carbonyl (C=O) groups excluding carboxylic acids is 3. The molecule has 2 atom stereocenters. The second-order valence-corrected chi connectivity index (χ2v) is 10.7. The molecule has 11 nitrogen and oxygen atoms in total. The van der Waals surface area contributed by atoms with Crippen molar-refractivity contribution in [1.29, 1.82) is 0 Å². The molecule has 4 aromatic rings. The summed E-state index contributed by atoms with van der Waals surface area (Å²) in [4.78, 5) is 48.2. The first-order valence-electron chi connectivity index (χ1n) is 12.6. The number of ketones is 1. The number of rotatable bonds is 7. The molecule has 2 amide bonds. The van der Waals surface area contributed by atoms with Crippen LogP contribution in [-0.2, 0) is 22.7 Å². The van der Waals surface area contributed by atoms with E-state index in [9.17, 15) is 31.9 Å². The Kier molecular flexibility index (Phi) is 7.83. The molecule has 1 fully saturated rings. The predicted octanol–water partition coefficient (Wildman–Crippen LogP) is 4.10. The topological polar surface area (TPSA) is 128 Å². The van der Waals surface area contributed by atoms with Crippen molar-refractivity contribution in [2.75, 3.05) is 11.9 Å². The van der Waals surface area contributed by atoms with Crippen LogP contribution in [0.2, 0.25) is 0 Å². The van der Waals surface area contributed by atoms with Gasteiger partial charge in [-0.1, -0.05) is 6.07 Å². The molecule has 0 unspecified atom stereocenters. The van der Waals surface area contributed by atoms with E-state index in [1.165, 1.54) is 11.6 Å². The minimum absolute atomic E-state index is 0.0871. The number of nitrogens with one attached hydrogen (secondary N) is 1. The van der Waals surface area contributed by atoms with Crippen LogP contribution in [0.3, 0.4) is 0 Å². The maximum atomic E-state index is 14.5. The molecule has 0 aliphatic carbocycles. The summed E-state index contributed by atoms with van der Waals surface area (Å²) in [7, 11) is 0. The van der Waals surface area contributed by atoms with Crippen LogP contribution >= 0.6 is 15.9 Å². The van der Waals surface area contributed by atoms with Gasteiger partial charge in [-0.25, -0.2) is 14.4 Å². The van der Waals surface area contributed by atoms with Crippen LogP contribution in [0.25, 0.3) is 22.0 Å². The van der Waals surface area contributed by atoms with Crippen molar-refractivity contribution < 1.29 is 31.9 Å². The van der Waals surface area contributed by atoms with Crippen LogP contribution in [0.15, 0.2) is 41.3 Å². The first kappa shape index (κ1) is 29.3. The zero-order valence-electron chi connectivity index (χ0n) is 22.2. The lowest BCUT2D eigenvalue weighted by molar-refractivity contribution is -0.142. The van der Waals surface area contributed by atoms with Gasteiger partial charge in [-0.15, -0.1) is 0 Å². The molecule has 220 valence electrons. The van der Waals surface area contributed by atoms with Crippen LogP contribution in [0.4, 0.5) is 23.4 Å². The maximum Gasteiger partial charge on any atom is 0.408 e. The summed E-state index contributed by atoms with van der Waals surface area (Å²) in [5, 5.41) is 10.9. The summed E-state index contributed by atoms with van der Waals surface area (Å²) in [5.41, 5.74) is 2.05. The third-order valence-corrected chi connectivity index (χ3v) is 7.24. The molecule has 0 spiro atoms. The number of anilines is 1. The van der Waals surface area contributed by atoms with Gasteiger partial charge in [0.15, 0.2) is 11.6 Å². The number of Topliss-reactive ketones (excluding diaryl/α,β-unsaturated/α-hetero) is 1. The van der Waals surface area contributed by atoms with Crippen LogP contribution in [0.5, 0.6) is 0 Å². The molecule has 16 heteroatoms. The molecule has 3 aromatic heterocycles. The number of benzene rings is 1. The molecule has 1 saturated heterocycles. The van der Waals surface area contributed by atoms with Crippen LogP contribution in [0.1, 0.15) is 29.7 Å². The fourth-order valence-corrected chi connectivity index (χ4v) is 5.17. The van der Waals surface area contributed by atoms with Crippen molar-refractivity contribution in [3.05, 3.63) is 52.8 Å². The van der Waals surface area contributed by atoms with Gasteiger partial charge in [0.2, 0.25) is 11.8 Å². The molecule has 0 saturated carbocycles. The van der Waals surface area contributed by atoms with Crippen LogP contribution in [-0.4, -0.2) is 77.0 Å². The van der Waals surface area contributed by atoms with Crippen LogP contribution in [0, 0.1) is 6.92 Å². The van der Waals surface area contributed by atoms with Crippen molar-refractivity contribution in [3.63, 3.8) is 0 Å². The summed E-state index contributed by atoms with van der Waals surface area (Å²) < 4.78 is 54.7. The number of hydrogen-bond acceptors (Lipinski definition) is 7. The van der Waals surface area contributed by atoms with Crippen molar-refractivity contribution in [2.24, 2.45) is 0 Å². The zero-order chi connectivity index (χ0) is 30.3. The summed E-state index contributed by atoms with van der Waals surface area (Å²) in [6.45, 7) is 0.974. The largest absolute Gasteiger partial charge is 0.408 e. The van der Waals surface area contributed by atoms with Gasteiger partial charge in [-0.2, -0.15) is 23.4 Å². The summed E-state index contributed by atoms with van der Waals surface area (Å²) >= 11 is 3.06. The third-order valence-electron chi connectivity index (χ3n) is 6.66. The number of hydrogen-bond donors (Lipinski definition) is 1. The fraction of sp³-hybridized carbons (Fsp3) is 0.346. The Bertz CT molecular complexity index is 1690. The molecular weight excluding hydrogens is 628 g/mol. The highest BCUT2D eigenvalue weighted by Crippen LogP contribution is 2.29. The number of aryl methyl sites for hydroxylation is 1. The van der Waals surface area contributed by atoms with E-state index in [2.05, 4.69) is 41.4 Å². The smallest absolute Gasteiger partial charge is 0.326 e. The number of likely N-dealkylation sites (tertiary alicyclic amines) is 1. The average molecular weight is 651 g/mol. The molecular formula is C26H23BrF4N8O3. The van der Waals surface area contributed by atoms with Crippen molar-refractivity contribution >= 4 is 50.2 Å². The fourth-order valence-electron chi connectivity index (χ4n) is 4.76.